The van der Waals surface area contributed by atoms with E-state index in [0.717, 1.165) is 24.2 Å². The third-order valence-electron chi connectivity index (χ3n) is 3.57. The van der Waals surface area contributed by atoms with E-state index in [0.29, 0.717) is 12.5 Å². The molecular weight excluding hydrogens is 240 g/mol. The van der Waals surface area contributed by atoms with Crippen LogP contribution in [0.3, 0.4) is 0 Å². The lowest BCUT2D eigenvalue weighted by atomic mass is 10.1. The molecule has 1 aliphatic heterocycles. The molecule has 1 fully saturated rings. The molecule has 0 saturated carbocycles. The Morgan fingerprint density at radius 1 is 1.26 bits per heavy atom. The molecule has 1 aliphatic rings. The lowest BCUT2D eigenvalue weighted by Gasteiger charge is -2.26. The number of ether oxygens (including phenoxy) is 1. The Hall–Kier alpha value is -1.13. The van der Waals surface area contributed by atoms with E-state index in [-0.39, 0.29) is 6.61 Å². The monoisotopic (exact) mass is 264 g/mol. The lowest BCUT2D eigenvalue weighted by molar-refractivity contribution is 0.180. The van der Waals surface area contributed by atoms with Crippen LogP contribution >= 0.6 is 0 Å². The van der Waals surface area contributed by atoms with Crippen molar-refractivity contribution >= 4 is 0 Å². The molecule has 0 unspecified atom stereocenters. The minimum absolute atomic E-state index is 0.0397. The maximum Gasteiger partial charge on any atom is 0.213 e. The van der Waals surface area contributed by atoms with E-state index in [1.807, 2.05) is 12.1 Å². The highest BCUT2D eigenvalue weighted by Crippen LogP contribution is 2.14. The number of nitrogens with zero attached hydrogens (tertiary/aromatic N) is 2. The molecule has 4 nitrogen and oxygen atoms in total. The normalized spacial score (nSPS) is 16.5. The van der Waals surface area contributed by atoms with Crippen LogP contribution in [0.15, 0.2) is 12.1 Å². The first kappa shape index (κ1) is 14.3. The van der Waals surface area contributed by atoms with Gasteiger partial charge in [0.1, 0.15) is 6.61 Å². The number of piperidine rings is 1. The number of aliphatic hydroxyl groups is 1. The van der Waals surface area contributed by atoms with Crippen molar-refractivity contribution in [1.82, 2.24) is 9.88 Å². The van der Waals surface area contributed by atoms with Gasteiger partial charge in [-0.3, -0.25) is 4.90 Å². The first-order valence-electron chi connectivity index (χ1n) is 7.27. The maximum atomic E-state index is 9.22. The fraction of sp³-hybridized carbons (Fsp3) is 0.667. The number of hydrogen-bond donors (Lipinski definition) is 1. The zero-order chi connectivity index (χ0) is 13.5. The molecule has 4 heteroatoms. The van der Waals surface area contributed by atoms with Gasteiger partial charge in [0, 0.05) is 18.3 Å². The van der Waals surface area contributed by atoms with Crippen molar-refractivity contribution in [3.05, 3.63) is 23.4 Å². The quantitative estimate of drug-likeness (QED) is 0.853. The van der Waals surface area contributed by atoms with Crippen molar-refractivity contribution in [2.45, 2.75) is 39.2 Å². The van der Waals surface area contributed by atoms with Crippen molar-refractivity contribution in [3.63, 3.8) is 0 Å². The lowest BCUT2D eigenvalue weighted by Crippen LogP contribution is -2.33. The third kappa shape index (κ3) is 4.48. The summed E-state index contributed by atoms with van der Waals surface area (Å²) >= 11 is 0. The van der Waals surface area contributed by atoms with Crippen molar-refractivity contribution in [3.8, 4) is 5.88 Å². The number of hydrogen-bond acceptors (Lipinski definition) is 4. The standard InChI is InChI=1S/C15H24N2O2/c1-2-14-10-13(12-18)11-15(16-14)19-9-8-17-6-4-3-5-7-17/h10-11,18H,2-9,12H2,1H3. The van der Waals surface area contributed by atoms with Gasteiger partial charge in [-0.2, -0.15) is 0 Å². The Bertz CT molecular complexity index is 367. The molecule has 2 heterocycles. The largest absolute Gasteiger partial charge is 0.476 e. The van der Waals surface area contributed by atoms with Crippen LogP contribution in [0.25, 0.3) is 0 Å². The van der Waals surface area contributed by atoms with Crippen molar-refractivity contribution in [2.24, 2.45) is 0 Å². The SMILES string of the molecule is CCc1cc(CO)cc(OCCN2CCCCC2)n1. The van der Waals surface area contributed by atoms with Gasteiger partial charge in [0.25, 0.3) is 0 Å². The summed E-state index contributed by atoms with van der Waals surface area (Å²) in [5, 5.41) is 9.22. The first-order chi connectivity index (χ1) is 9.31. The molecule has 0 aliphatic carbocycles. The van der Waals surface area contributed by atoms with E-state index in [2.05, 4.69) is 16.8 Å². The summed E-state index contributed by atoms with van der Waals surface area (Å²) < 4.78 is 5.73. The summed E-state index contributed by atoms with van der Waals surface area (Å²) in [6, 6.07) is 3.76. The zero-order valence-electron chi connectivity index (χ0n) is 11.8. The molecule has 0 atom stereocenters. The average molecular weight is 264 g/mol. The van der Waals surface area contributed by atoms with E-state index in [4.69, 9.17) is 4.74 Å². The Labute approximate surface area is 115 Å². The van der Waals surface area contributed by atoms with Crippen molar-refractivity contribution in [2.75, 3.05) is 26.2 Å². The number of pyridine rings is 1. The van der Waals surface area contributed by atoms with Crippen LogP contribution in [-0.4, -0.2) is 41.2 Å². The van der Waals surface area contributed by atoms with Crippen molar-refractivity contribution in [1.29, 1.82) is 0 Å². The van der Waals surface area contributed by atoms with Gasteiger partial charge in [-0.1, -0.05) is 13.3 Å². The summed E-state index contributed by atoms with van der Waals surface area (Å²) in [5.41, 5.74) is 1.85. The third-order valence-corrected chi connectivity index (χ3v) is 3.57. The van der Waals surface area contributed by atoms with Gasteiger partial charge in [-0.05, 0) is 44.0 Å². The first-order valence-corrected chi connectivity index (χ1v) is 7.27. The van der Waals surface area contributed by atoms with Crippen LogP contribution in [0.4, 0.5) is 0 Å². The fourth-order valence-electron chi connectivity index (χ4n) is 2.43. The Balaban J connectivity index is 1.84. The second-order valence-corrected chi connectivity index (χ2v) is 5.07. The zero-order valence-corrected chi connectivity index (χ0v) is 11.8. The minimum Gasteiger partial charge on any atom is -0.476 e. The van der Waals surface area contributed by atoms with E-state index in [9.17, 15) is 5.11 Å². The molecule has 1 N–H and O–H groups in total. The van der Waals surface area contributed by atoms with Crippen LogP contribution in [-0.2, 0) is 13.0 Å². The van der Waals surface area contributed by atoms with Crippen LogP contribution in [0, 0.1) is 0 Å². The fourth-order valence-corrected chi connectivity index (χ4v) is 2.43. The van der Waals surface area contributed by atoms with Gasteiger partial charge in [0.2, 0.25) is 5.88 Å². The molecule has 1 aromatic rings. The van der Waals surface area contributed by atoms with Gasteiger partial charge < -0.3 is 9.84 Å². The number of aryl methyl sites for hydroxylation is 1. The number of likely N-dealkylation sites (tertiary alicyclic amines) is 1. The highest BCUT2D eigenvalue weighted by molar-refractivity contribution is 5.24. The van der Waals surface area contributed by atoms with Crippen LogP contribution in [0.5, 0.6) is 5.88 Å². The molecule has 0 radical (unpaired) electrons. The summed E-state index contributed by atoms with van der Waals surface area (Å²) in [6.45, 7) is 6.11. The van der Waals surface area contributed by atoms with Crippen LogP contribution < -0.4 is 4.74 Å². The highest BCUT2D eigenvalue weighted by atomic mass is 16.5. The van der Waals surface area contributed by atoms with E-state index in [1.165, 1.54) is 32.4 Å². The maximum absolute atomic E-state index is 9.22. The Morgan fingerprint density at radius 2 is 2.05 bits per heavy atom. The smallest absolute Gasteiger partial charge is 0.213 e. The summed E-state index contributed by atoms with van der Waals surface area (Å²) in [4.78, 5) is 6.88. The van der Waals surface area contributed by atoms with Crippen LogP contribution in [0.2, 0.25) is 0 Å². The Morgan fingerprint density at radius 3 is 2.74 bits per heavy atom. The number of rotatable bonds is 6. The van der Waals surface area contributed by atoms with Gasteiger partial charge in [-0.25, -0.2) is 4.98 Å². The molecule has 0 spiro atoms. The Kier molecular flexibility index (Phi) is 5.61. The van der Waals surface area contributed by atoms with Gasteiger partial charge >= 0.3 is 0 Å². The molecule has 2 rings (SSSR count). The highest BCUT2D eigenvalue weighted by Gasteiger charge is 2.10. The van der Waals surface area contributed by atoms with E-state index < -0.39 is 0 Å². The molecule has 1 saturated heterocycles. The predicted molar refractivity (Wildman–Crippen MR) is 75.3 cm³/mol. The summed E-state index contributed by atoms with van der Waals surface area (Å²) in [5.74, 6) is 0.639. The number of aliphatic hydroxyl groups excluding tert-OH is 1. The van der Waals surface area contributed by atoms with Gasteiger partial charge in [0.15, 0.2) is 0 Å². The predicted octanol–water partition coefficient (Wildman–Crippen LogP) is 2.00. The van der Waals surface area contributed by atoms with Crippen molar-refractivity contribution < 1.29 is 9.84 Å². The van der Waals surface area contributed by atoms with E-state index in [1.54, 1.807) is 0 Å². The number of aromatic nitrogens is 1. The van der Waals surface area contributed by atoms with Gasteiger partial charge in [-0.15, -0.1) is 0 Å². The molecular formula is C15H24N2O2. The molecule has 19 heavy (non-hydrogen) atoms. The second kappa shape index (κ2) is 7.46. The summed E-state index contributed by atoms with van der Waals surface area (Å²) in [7, 11) is 0. The molecule has 0 bridgehead atoms. The summed E-state index contributed by atoms with van der Waals surface area (Å²) in [6.07, 6.45) is 4.82. The average Bonchev–Trinajstić information content (AvgIpc) is 2.48. The minimum atomic E-state index is 0.0397. The topological polar surface area (TPSA) is 45.6 Å². The second-order valence-electron chi connectivity index (χ2n) is 5.07. The van der Waals surface area contributed by atoms with E-state index >= 15 is 0 Å². The molecule has 0 amide bonds. The molecule has 1 aromatic heterocycles. The molecule has 106 valence electrons. The molecule has 0 aromatic carbocycles. The van der Waals surface area contributed by atoms with Crippen LogP contribution in [0.1, 0.15) is 37.4 Å². The van der Waals surface area contributed by atoms with Gasteiger partial charge in [0.05, 0.1) is 6.61 Å².